The number of fused-ring (bicyclic) bond motifs is 1. The van der Waals surface area contributed by atoms with Crippen molar-refractivity contribution in [2.75, 3.05) is 19.8 Å². The SMILES string of the molecule is Clc1nc(C2CCOC2)nc2c1CNCC2. The van der Waals surface area contributed by atoms with Crippen LogP contribution in [0.15, 0.2) is 0 Å². The molecular weight excluding hydrogens is 226 g/mol. The maximum Gasteiger partial charge on any atom is 0.137 e. The summed E-state index contributed by atoms with van der Waals surface area (Å²) in [4.78, 5) is 9.04. The number of aromatic nitrogens is 2. The van der Waals surface area contributed by atoms with Crippen molar-refractivity contribution in [3.05, 3.63) is 22.2 Å². The minimum Gasteiger partial charge on any atom is -0.381 e. The van der Waals surface area contributed by atoms with E-state index in [4.69, 9.17) is 16.3 Å². The van der Waals surface area contributed by atoms with Gasteiger partial charge in [-0.25, -0.2) is 9.97 Å². The van der Waals surface area contributed by atoms with Crippen LogP contribution in [0.4, 0.5) is 0 Å². The van der Waals surface area contributed by atoms with Gasteiger partial charge in [0.2, 0.25) is 0 Å². The molecule has 1 atom stereocenters. The summed E-state index contributed by atoms with van der Waals surface area (Å²) in [5, 5.41) is 3.89. The summed E-state index contributed by atoms with van der Waals surface area (Å²) in [7, 11) is 0. The standard InChI is InChI=1S/C11H14ClN3O/c12-10-8-5-13-3-1-9(8)14-11(15-10)7-2-4-16-6-7/h7,13H,1-6H2. The first-order valence-electron chi connectivity index (χ1n) is 5.68. The molecule has 0 saturated carbocycles. The van der Waals surface area contributed by atoms with E-state index >= 15 is 0 Å². The van der Waals surface area contributed by atoms with Gasteiger partial charge in [-0.3, -0.25) is 0 Å². The highest BCUT2D eigenvalue weighted by Gasteiger charge is 2.24. The van der Waals surface area contributed by atoms with Crippen LogP contribution in [0.1, 0.15) is 29.4 Å². The van der Waals surface area contributed by atoms with Crippen LogP contribution in [0.5, 0.6) is 0 Å². The Labute approximate surface area is 99.4 Å². The number of ether oxygens (including phenoxy) is 1. The minimum absolute atomic E-state index is 0.331. The van der Waals surface area contributed by atoms with Crippen molar-refractivity contribution < 1.29 is 4.74 Å². The van der Waals surface area contributed by atoms with E-state index in [1.54, 1.807) is 0 Å². The molecule has 1 unspecified atom stereocenters. The topological polar surface area (TPSA) is 47.0 Å². The van der Waals surface area contributed by atoms with Crippen LogP contribution in [-0.2, 0) is 17.7 Å². The van der Waals surface area contributed by atoms with Gasteiger partial charge >= 0.3 is 0 Å². The van der Waals surface area contributed by atoms with Gasteiger partial charge in [-0.05, 0) is 6.42 Å². The summed E-state index contributed by atoms with van der Waals surface area (Å²) in [6.07, 6.45) is 1.95. The predicted molar refractivity (Wildman–Crippen MR) is 60.6 cm³/mol. The summed E-state index contributed by atoms with van der Waals surface area (Å²) >= 11 is 6.19. The summed E-state index contributed by atoms with van der Waals surface area (Å²) in [5.41, 5.74) is 2.18. The molecule has 16 heavy (non-hydrogen) atoms. The Morgan fingerprint density at radius 3 is 3.12 bits per heavy atom. The van der Waals surface area contributed by atoms with Crippen LogP contribution in [0.3, 0.4) is 0 Å². The molecule has 86 valence electrons. The van der Waals surface area contributed by atoms with E-state index in [0.717, 1.165) is 56.2 Å². The molecule has 1 aromatic heterocycles. The van der Waals surface area contributed by atoms with Crippen LogP contribution >= 0.6 is 11.6 Å². The molecule has 2 aliphatic heterocycles. The Balaban J connectivity index is 1.97. The number of nitrogens with one attached hydrogen (secondary N) is 1. The molecule has 4 nitrogen and oxygen atoms in total. The van der Waals surface area contributed by atoms with Crippen LogP contribution in [0.25, 0.3) is 0 Å². The van der Waals surface area contributed by atoms with Crippen molar-refractivity contribution in [3.63, 3.8) is 0 Å². The van der Waals surface area contributed by atoms with Gasteiger partial charge in [0.25, 0.3) is 0 Å². The summed E-state index contributed by atoms with van der Waals surface area (Å²) in [5.74, 6) is 1.20. The summed E-state index contributed by atoms with van der Waals surface area (Å²) in [6, 6.07) is 0. The van der Waals surface area contributed by atoms with E-state index in [1.807, 2.05) is 0 Å². The Kier molecular flexibility index (Phi) is 2.79. The smallest absolute Gasteiger partial charge is 0.137 e. The second-order valence-electron chi connectivity index (χ2n) is 4.29. The van der Waals surface area contributed by atoms with Crippen molar-refractivity contribution >= 4 is 11.6 Å². The molecule has 1 N–H and O–H groups in total. The molecule has 0 radical (unpaired) electrons. The Morgan fingerprint density at radius 1 is 1.38 bits per heavy atom. The third-order valence-corrected chi connectivity index (χ3v) is 3.51. The first kappa shape index (κ1) is 10.4. The molecular formula is C11H14ClN3O. The zero-order chi connectivity index (χ0) is 11.0. The Morgan fingerprint density at radius 2 is 2.31 bits per heavy atom. The number of nitrogens with zero attached hydrogens (tertiary/aromatic N) is 2. The van der Waals surface area contributed by atoms with Crippen molar-refractivity contribution in [1.29, 1.82) is 0 Å². The lowest BCUT2D eigenvalue weighted by atomic mass is 10.1. The molecule has 0 spiro atoms. The van der Waals surface area contributed by atoms with Gasteiger partial charge < -0.3 is 10.1 Å². The normalized spacial score (nSPS) is 24.4. The van der Waals surface area contributed by atoms with E-state index in [9.17, 15) is 0 Å². The first-order valence-corrected chi connectivity index (χ1v) is 6.06. The van der Waals surface area contributed by atoms with Gasteiger partial charge in [0, 0.05) is 37.6 Å². The van der Waals surface area contributed by atoms with Crippen molar-refractivity contribution in [1.82, 2.24) is 15.3 Å². The second-order valence-corrected chi connectivity index (χ2v) is 4.64. The Bertz CT molecular complexity index is 404. The number of hydrogen-bond donors (Lipinski definition) is 1. The zero-order valence-corrected chi connectivity index (χ0v) is 9.76. The molecule has 0 aromatic carbocycles. The molecule has 1 fully saturated rings. The van der Waals surface area contributed by atoms with E-state index in [-0.39, 0.29) is 0 Å². The van der Waals surface area contributed by atoms with E-state index in [0.29, 0.717) is 11.1 Å². The molecule has 0 aliphatic carbocycles. The fourth-order valence-corrected chi connectivity index (χ4v) is 2.50. The quantitative estimate of drug-likeness (QED) is 0.750. The lowest BCUT2D eigenvalue weighted by Gasteiger charge is -2.18. The largest absolute Gasteiger partial charge is 0.381 e. The van der Waals surface area contributed by atoms with E-state index in [1.165, 1.54) is 0 Å². The molecule has 0 bridgehead atoms. The number of hydrogen-bond acceptors (Lipinski definition) is 4. The van der Waals surface area contributed by atoms with Gasteiger partial charge in [0.15, 0.2) is 0 Å². The van der Waals surface area contributed by atoms with Crippen molar-refractivity contribution in [2.24, 2.45) is 0 Å². The first-order chi connectivity index (χ1) is 7.84. The lowest BCUT2D eigenvalue weighted by molar-refractivity contribution is 0.193. The van der Waals surface area contributed by atoms with Gasteiger partial charge in [0.05, 0.1) is 12.3 Å². The predicted octanol–water partition coefficient (Wildman–Crippen LogP) is 1.28. The van der Waals surface area contributed by atoms with Crippen LogP contribution in [-0.4, -0.2) is 29.7 Å². The van der Waals surface area contributed by atoms with E-state index < -0.39 is 0 Å². The Hall–Kier alpha value is -0.710. The third-order valence-electron chi connectivity index (χ3n) is 3.19. The molecule has 1 saturated heterocycles. The van der Waals surface area contributed by atoms with Crippen LogP contribution in [0.2, 0.25) is 5.15 Å². The minimum atomic E-state index is 0.331. The number of halogens is 1. The fraction of sp³-hybridized carbons (Fsp3) is 0.636. The fourth-order valence-electron chi connectivity index (χ4n) is 2.24. The molecule has 3 rings (SSSR count). The molecule has 1 aromatic rings. The van der Waals surface area contributed by atoms with Gasteiger partial charge in [-0.1, -0.05) is 11.6 Å². The van der Waals surface area contributed by atoms with Crippen molar-refractivity contribution in [3.8, 4) is 0 Å². The van der Waals surface area contributed by atoms with Gasteiger partial charge in [-0.15, -0.1) is 0 Å². The maximum absolute atomic E-state index is 6.19. The molecule has 2 aliphatic rings. The van der Waals surface area contributed by atoms with Gasteiger partial charge in [0.1, 0.15) is 11.0 Å². The average molecular weight is 240 g/mol. The molecule has 3 heterocycles. The van der Waals surface area contributed by atoms with Crippen LogP contribution in [0, 0.1) is 0 Å². The highest BCUT2D eigenvalue weighted by molar-refractivity contribution is 6.30. The van der Waals surface area contributed by atoms with Crippen molar-refractivity contribution in [2.45, 2.75) is 25.3 Å². The molecule has 0 amide bonds. The second kappa shape index (κ2) is 4.28. The zero-order valence-electron chi connectivity index (χ0n) is 9.00. The summed E-state index contributed by atoms with van der Waals surface area (Å²) in [6.45, 7) is 3.30. The average Bonchev–Trinajstić information content (AvgIpc) is 2.82. The lowest BCUT2D eigenvalue weighted by Crippen LogP contribution is -2.26. The highest BCUT2D eigenvalue weighted by Crippen LogP contribution is 2.26. The van der Waals surface area contributed by atoms with Gasteiger partial charge in [-0.2, -0.15) is 0 Å². The highest BCUT2D eigenvalue weighted by atomic mass is 35.5. The maximum atomic E-state index is 6.19. The van der Waals surface area contributed by atoms with E-state index in [2.05, 4.69) is 15.3 Å². The molecule has 5 heteroatoms. The monoisotopic (exact) mass is 239 g/mol. The number of rotatable bonds is 1. The third kappa shape index (κ3) is 1.81. The summed E-state index contributed by atoms with van der Waals surface area (Å²) < 4.78 is 5.36. The van der Waals surface area contributed by atoms with Crippen LogP contribution < -0.4 is 5.32 Å².